The third-order valence-electron chi connectivity index (χ3n) is 3.22. The summed E-state index contributed by atoms with van der Waals surface area (Å²) >= 11 is 0. The molecule has 0 radical (unpaired) electrons. The zero-order chi connectivity index (χ0) is 17.9. The highest BCUT2D eigenvalue weighted by atomic mass is 16.3. The lowest BCUT2D eigenvalue weighted by Gasteiger charge is -1.99. The van der Waals surface area contributed by atoms with Crippen molar-refractivity contribution in [3.63, 3.8) is 0 Å². The summed E-state index contributed by atoms with van der Waals surface area (Å²) in [6, 6.07) is 0. The van der Waals surface area contributed by atoms with Crippen LogP contribution in [0.1, 0.15) is 52.4 Å². The van der Waals surface area contributed by atoms with Gasteiger partial charge in [-0.15, -0.1) is 0 Å². The Morgan fingerprint density at radius 2 is 1.21 bits per heavy atom. The summed E-state index contributed by atoms with van der Waals surface area (Å²) in [5.74, 6) is 0. The first kappa shape index (κ1) is 22.4. The Morgan fingerprint density at radius 3 is 1.75 bits per heavy atom. The molecule has 0 aliphatic heterocycles. The summed E-state index contributed by atoms with van der Waals surface area (Å²) in [5.41, 5.74) is 0. The third-order valence-corrected chi connectivity index (χ3v) is 3.22. The minimum Gasteiger partial charge on any atom is -0.389 e. The van der Waals surface area contributed by atoms with E-state index in [0.717, 1.165) is 25.7 Å². The van der Waals surface area contributed by atoms with Gasteiger partial charge in [-0.3, -0.25) is 0 Å². The second kappa shape index (κ2) is 17.7. The fraction of sp³-hybridized carbons (Fsp3) is 0.455. The van der Waals surface area contributed by atoms with E-state index in [2.05, 4.69) is 38.2 Å². The molecule has 134 valence electrons. The molecule has 2 heteroatoms. The van der Waals surface area contributed by atoms with E-state index >= 15 is 0 Å². The van der Waals surface area contributed by atoms with Crippen LogP contribution in [0, 0.1) is 0 Å². The van der Waals surface area contributed by atoms with E-state index < -0.39 is 12.2 Å². The van der Waals surface area contributed by atoms with Gasteiger partial charge in [0.1, 0.15) is 0 Å². The molecular formula is C22H34O2. The Balaban J connectivity index is 3.89. The van der Waals surface area contributed by atoms with Crippen LogP contribution in [-0.4, -0.2) is 22.4 Å². The van der Waals surface area contributed by atoms with Crippen LogP contribution >= 0.6 is 0 Å². The molecule has 2 atom stereocenters. The summed E-state index contributed by atoms with van der Waals surface area (Å²) in [4.78, 5) is 0. The number of aliphatic hydroxyl groups is 2. The normalized spacial score (nSPS) is 16.0. The van der Waals surface area contributed by atoms with Crippen molar-refractivity contribution < 1.29 is 10.2 Å². The molecule has 1 unspecified atom stereocenters. The standard InChI is InChI=1S/C22H34O2/c1-3-5-7-9-10-14-18-22(24)20-16-12-11-15-19-21(23)17-13-8-6-4-2/h5,7-8,10-16,19-24H,3-4,6,9,17-18H2,1-2H3/b7-5-,12-11+,13-8-,14-10-,19-15+,20-16-/t21?,22-/m0/s1. The Morgan fingerprint density at radius 1 is 0.667 bits per heavy atom. The topological polar surface area (TPSA) is 40.5 Å². The number of allylic oxidation sites excluding steroid dienone is 8. The van der Waals surface area contributed by atoms with Crippen LogP contribution in [0.3, 0.4) is 0 Å². The van der Waals surface area contributed by atoms with Gasteiger partial charge in [-0.25, -0.2) is 0 Å². The van der Waals surface area contributed by atoms with Crippen molar-refractivity contribution in [2.45, 2.75) is 64.6 Å². The second-order valence-corrected chi connectivity index (χ2v) is 5.61. The first-order valence-corrected chi connectivity index (χ1v) is 9.03. The van der Waals surface area contributed by atoms with Gasteiger partial charge in [-0.05, 0) is 32.1 Å². The molecule has 0 bridgehead atoms. The van der Waals surface area contributed by atoms with Gasteiger partial charge in [0.05, 0.1) is 12.2 Å². The average molecular weight is 331 g/mol. The fourth-order valence-electron chi connectivity index (χ4n) is 1.86. The van der Waals surface area contributed by atoms with Crippen LogP contribution in [0.15, 0.2) is 72.9 Å². The molecule has 0 saturated carbocycles. The molecule has 0 aliphatic carbocycles. The fourth-order valence-corrected chi connectivity index (χ4v) is 1.86. The van der Waals surface area contributed by atoms with Gasteiger partial charge in [0.2, 0.25) is 0 Å². The van der Waals surface area contributed by atoms with Crippen LogP contribution in [-0.2, 0) is 0 Å². The maximum Gasteiger partial charge on any atom is 0.0758 e. The molecule has 0 heterocycles. The van der Waals surface area contributed by atoms with E-state index in [1.54, 1.807) is 12.2 Å². The highest BCUT2D eigenvalue weighted by Gasteiger charge is 1.93. The molecule has 0 saturated heterocycles. The molecule has 0 amide bonds. The van der Waals surface area contributed by atoms with Crippen molar-refractivity contribution in [1.82, 2.24) is 0 Å². The first-order valence-electron chi connectivity index (χ1n) is 9.03. The molecule has 0 aromatic rings. The summed E-state index contributed by atoms with van der Waals surface area (Å²) in [7, 11) is 0. The third kappa shape index (κ3) is 16.7. The van der Waals surface area contributed by atoms with Gasteiger partial charge in [0.15, 0.2) is 0 Å². The van der Waals surface area contributed by atoms with E-state index in [-0.39, 0.29) is 0 Å². The summed E-state index contributed by atoms with van der Waals surface area (Å²) in [5, 5.41) is 19.5. The highest BCUT2D eigenvalue weighted by Crippen LogP contribution is 2.00. The number of unbranched alkanes of at least 4 members (excludes halogenated alkanes) is 1. The van der Waals surface area contributed by atoms with Crippen LogP contribution in [0.2, 0.25) is 0 Å². The minimum absolute atomic E-state index is 0.441. The van der Waals surface area contributed by atoms with Crippen LogP contribution < -0.4 is 0 Å². The number of hydrogen-bond donors (Lipinski definition) is 2. The number of aliphatic hydroxyl groups excluding tert-OH is 2. The lowest BCUT2D eigenvalue weighted by atomic mass is 10.2. The Kier molecular flexibility index (Phi) is 16.5. The summed E-state index contributed by atoms with van der Waals surface area (Å²) in [6.07, 6.45) is 27.9. The van der Waals surface area contributed by atoms with E-state index in [4.69, 9.17) is 0 Å². The molecule has 0 rings (SSSR count). The zero-order valence-corrected chi connectivity index (χ0v) is 15.2. The lowest BCUT2D eigenvalue weighted by molar-refractivity contribution is 0.226. The predicted octanol–water partition coefficient (Wildman–Crippen LogP) is 5.43. The Labute approximate surface area is 148 Å². The van der Waals surface area contributed by atoms with E-state index in [1.807, 2.05) is 36.5 Å². The van der Waals surface area contributed by atoms with Crippen molar-refractivity contribution >= 4 is 0 Å². The van der Waals surface area contributed by atoms with Gasteiger partial charge in [-0.2, -0.15) is 0 Å². The van der Waals surface area contributed by atoms with Gasteiger partial charge in [0.25, 0.3) is 0 Å². The number of rotatable bonds is 13. The molecule has 0 aliphatic rings. The molecule has 0 aromatic carbocycles. The predicted molar refractivity (Wildman–Crippen MR) is 106 cm³/mol. The largest absolute Gasteiger partial charge is 0.389 e. The minimum atomic E-state index is -0.459. The van der Waals surface area contributed by atoms with E-state index in [0.29, 0.717) is 12.8 Å². The van der Waals surface area contributed by atoms with Crippen molar-refractivity contribution in [2.24, 2.45) is 0 Å². The van der Waals surface area contributed by atoms with Gasteiger partial charge in [0, 0.05) is 0 Å². The van der Waals surface area contributed by atoms with Gasteiger partial charge < -0.3 is 10.2 Å². The molecule has 0 spiro atoms. The molecule has 0 aromatic heterocycles. The average Bonchev–Trinajstić information content (AvgIpc) is 2.58. The summed E-state index contributed by atoms with van der Waals surface area (Å²) < 4.78 is 0. The van der Waals surface area contributed by atoms with Crippen LogP contribution in [0.4, 0.5) is 0 Å². The number of hydrogen-bond acceptors (Lipinski definition) is 2. The molecular weight excluding hydrogens is 296 g/mol. The van der Waals surface area contributed by atoms with E-state index in [9.17, 15) is 10.2 Å². The molecule has 2 N–H and O–H groups in total. The molecule has 24 heavy (non-hydrogen) atoms. The van der Waals surface area contributed by atoms with Gasteiger partial charge in [-0.1, -0.05) is 93.2 Å². The van der Waals surface area contributed by atoms with Crippen molar-refractivity contribution in [3.05, 3.63) is 72.9 Å². The Hall–Kier alpha value is -1.64. The second-order valence-electron chi connectivity index (χ2n) is 5.61. The SMILES string of the molecule is CC/C=C\C/C=C\C[C@H](O)\C=C/C=C/C=C/C(O)C/C=C\CCC. The maximum absolute atomic E-state index is 9.78. The van der Waals surface area contributed by atoms with E-state index in [1.165, 1.54) is 0 Å². The first-order chi connectivity index (χ1) is 11.7. The van der Waals surface area contributed by atoms with Crippen molar-refractivity contribution in [1.29, 1.82) is 0 Å². The van der Waals surface area contributed by atoms with Crippen molar-refractivity contribution in [3.8, 4) is 0 Å². The highest BCUT2D eigenvalue weighted by molar-refractivity contribution is 5.13. The molecule has 2 nitrogen and oxygen atoms in total. The quantitative estimate of drug-likeness (QED) is 0.349. The van der Waals surface area contributed by atoms with Crippen LogP contribution in [0.5, 0.6) is 0 Å². The smallest absolute Gasteiger partial charge is 0.0758 e. The van der Waals surface area contributed by atoms with Gasteiger partial charge >= 0.3 is 0 Å². The maximum atomic E-state index is 9.78. The lowest BCUT2D eigenvalue weighted by Crippen LogP contribution is -1.98. The zero-order valence-electron chi connectivity index (χ0n) is 15.2. The van der Waals surface area contributed by atoms with Crippen LogP contribution in [0.25, 0.3) is 0 Å². The Bertz CT molecular complexity index is 439. The monoisotopic (exact) mass is 330 g/mol. The summed E-state index contributed by atoms with van der Waals surface area (Å²) in [6.45, 7) is 4.25. The van der Waals surface area contributed by atoms with Crippen molar-refractivity contribution in [2.75, 3.05) is 0 Å². The molecule has 0 fully saturated rings.